The molecular formula is C13H14FN5O2. The Hall–Kier alpha value is -2.77. The third-order valence-corrected chi connectivity index (χ3v) is 3.28. The van der Waals surface area contributed by atoms with Crippen molar-refractivity contribution in [2.75, 3.05) is 17.7 Å². The number of halogens is 1. The van der Waals surface area contributed by atoms with Gasteiger partial charge in [-0.15, -0.1) is 0 Å². The van der Waals surface area contributed by atoms with E-state index in [0.717, 1.165) is 6.33 Å². The van der Waals surface area contributed by atoms with Gasteiger partial charge >= 0.3 is 5.69 Å². The quantitative estimate of drug-likeness (QED) is 0.685. The second-order valence-corrected chi connectivity index (χ2v) is 4.50. The van der Waals surface area contributed by atoms with Gasteiger partial charge in [0.05, 0.1) is 11.0 Å². The Morgan fingerprint density at radius 1 is 1.38 bits per heavy atom. The Balaban J connectivity index is 2.46. The molecule has 0 aliphatic rings. The minimum atomic E-state index is -0.644. The molecule has 110 valence electrons. The molecule has 2 rings (SSSR count). The first-order valence-corrected chi connectivity index (χ1v) is 6.15. The lowest BCUT2D eigenvalue weighted by atomic mass is 10.1. The highest BCUT2D eigenvalue weighted by Crippen LogP contribution is 2.34. The molecule has 1 unspecified atom stereocenters. The number of benzene rings is 1. The van der Waals surface area contributed by atoms with E-state index in [-0.39, 0.29) is 23.1 Å². The monoisotopic (exact) mass is 291 g/mol. The topological polar surface area (TPSA) is 98.2 Å². The molecule has 1 atom stereocenters. The summed E-state index contributed by atoms with van der Waals surface area (Å²) in [5, 5.41) is 11.1. The predicted octanol–water partition coefficient (Wildman–Crippen LogP) is 2.30. The largest absolute Gasteiger partial charge is 0.378 e. The van der Waals surface area contributed by atoms with Crippen LogP contribution >= 0.6 is 0 Å². The van der Waals surface area contributed by atoms with Crippen molar-refractivity contribution < 1.29 is 9.31 Å². The number of nitrogens with two attached hydrogens (primary N) is 1. The molecule has 1 heterocycles. The number of nitrogen functional groups attached to an aromatic ring is 1. The van der Waals surface area contributed by atoms with E-state index in [9.17, 15) is 14.5 Å². The van der Waals surface area contributed by atoms with E-state index in [1.165, 1.54) is 11.0 Å². The molecule has 0 aliphatic carbocycles. The Bertz CT molecular complexity index is 679. The number of anilines is 2. The van der Waals surface area contributed by atoms with Crippen LogP contribution in [0.1, 0.15) is 18.5 Å². The fourth-order valence-electron chi connectivity index (χ4n) is 2.02. The van der Waals surface area contributed by atoms with Gasteiger partial charge in [-0.1, -0.05) is 18.2 Å². The number of hydrogen-bond acceptors (Lipinski definition) is 6. The maximum absolute atomic E-state index is 13.8. The molecule has 0 aliphatic heterocycles. The molecule has 0 spiro atoms. The standard InChI is InChI=1S/C13H14FN5O2/c1-8(9-5-3-4-6-10(9)14)18(2)13-11(19(20)21)12(15)16-7-17-13/h3-8H,1-2H3,(H2,15,16,17). The van der Waals surface area contributed by atoms with Gasteiger partial charge in [0.2, 0.25) is 11.6 Å². The molecule has 0 bridgehead atoms. The van der Waals surface area contributed by atoms with Gasteiger partial charge in [-0.05, 0) is 13.0 Å². The van der Waals surface area contributed by atoms with Gasteiger partial charge in [0.15, 0.2) is 0 Å². The van der Waals surface area contributed by atoms with Crippen LogP contribution in [0.4, 0.5) is 21.7 Å². The Morgan fingerprint density at radius 2 is 2.05 bits per heavy atom. The zero-order chi connectivity index (χ0) is 15.6. The van der Waals surface area contributed by atoms with Crippen molar-refractivity contribution >= 4 is 17.3 Å². The van der Waals surface area contributed by atoms with Crippen molar-refractivity contribution in [3.8, 4) is 0 Å². The molecule has 0 amide bonds. The molecule has 2 aromatic rings. The summed E-state index contributed by atoms with van der Waals surface area (Å²) in [5.74, 6) is -0.567. The van der Waals surface area contributed by atoms with Crippen molar-refractivity contribution in [1.29, 1.82) is 0 Å². The Labute approximate surface area is 120 Å². The third-order valence-electron chi connectivity index (χ3n) is 3.28. The van der Waals surface area contributed by atoms with Crippen LogP contribution in [-0.2, 0) is 0 Å². The zero-order valence-corrected chi connectivity index (χ0v) is 11.5. The number of aromatic nitrogens is 2. The maximum atomic E-state index is 13.8. The Kier molecular flexibility index (Phi) is 3.97. The summed E-state index contributed by atoms with van der Waals surface area (Å²) in [5.41, 5.74) is 5.56. The molecule has 2 N–H and O–H groups in total. The first-order chi connectivity index (χ1) is 9.93. The number of hydrogen-bond donors (Lipinski definition) is 1. The van der Waals surface area contributed by atoms with E-state index in [2.05, 4.69) is 9.97 Å². The van der Waals surface area contributed by atoms with Gasteiger partial charge in [0.1, 0.15) is 12.1 Å². The minimum absolute atomic E-state index is 0.0447. The van der Waals surface area contributed by atoms with Crippen LogP contribution < -0.4 is 10.6 Å². The van der Waals surface area contributed by atoms with Gasteiger partial charge < -0.3 is 10.6 Å². The van der Waals surface area contributed by atoms with E-state index >= 15 is 0 Å². The third kappa shape index (κ3) is 2.73. The van der Waals surface area contributed by atoms with Gasteiger partial charge in [-0.2, -0.15) is 0 Å². The van der Waals surface area contributed by atoms with Crippen LogP contribution in [0, 0.1) is 15.9 Å². The summed E-state index contributed by atoms with van der Waals surface area (Å²) in [6, 6.07) is 5.77. The SMILES string of the molecule is CC(c1ccccc1F)N(C)c1ncnc(N)c1[N+](=O)[O-]. The number of rotatable bonds is 4. The highest BCUT2D eigenvalue weighted by Gasteiger charge is 2.27. The van der Waals surface area contributed by atoms with Gasteiger partial charge in [0, 0.05) is 12.6 Å². The molecule has 1 aromatic heterocycles. The van der Waals surface area contributed by atoms with Crippen LogP contribution in [0.2, 0.25) is 0 Å². The Morgan fingerprint density at radius 3 is 2.67 bits per heavy atom. The second kappa shape index (κ2) is 5.70. The summed E-state index contributed by atoms with van der Waals surface area (Å²) in [6.07, 6.45) is 1.14. The molecular weight excluding hydrogens is 277 g/mol. The first kappa shape index (κ1) is 14.6. The maximum Gasteiger partial charge on any atom is 0.353 e. The van der Waals surface area contributed by atoms with E-state index in [0.29, 0.717) is 5.56 Å². The zero-order valence-electron chi connectivity index (χ0n) is 11.5. The van der Waals surface area contributed by atoms with Crippen molar-refractivity contribution in [2.24, 2.45) is 0 Å². The lowest BCUT2D eigenvalue weighted by molar-refractivity contribution is -0.383. The number of nitrogens with zero attached hydrogens (tertiary/aromatic N) is 4. The van der Waals surface area contributed by atoms with Gasteiger partial charge in [-0.3, -0.25) is 10.1 Å². The molecule has 1 aromatic carbocycles. The summed E-state index contributed by atoms with van der Waals surface area (Å²) in [6.45, 7) is 1.72. The summed E-state index contributed by atoms with van der Waals surface area (Å²) < 4.78 is 13.8. The average Bonchev–Trinajstić information content (AvgIpc) is 2.45. The fourth-order valence-corrected chi connectivity index (χ4v) is 2.02. The summed E-state index contributed by atoms with van der Waals surface area (Å²) in [4.78, 5) is 19.5. The normalized spacial score (nSPS) is 12.0. The molecule has 0 fully saturated rings. The van der Waals surface area contributed by atoms with E-state index in [1.807, 2.05) is 0 Å². The molecule has 8 heteroatoms. The highest BCUT2D eigenvalue weighted by molar-refractivity contribution is 5.68. The molecule has 0 radical (unpaired) electrons. The average molecular weight is 291 g/mol. The van der Waals surface area contributed by atoms with Crippen LogP contribution in [0.15, 0.2) is 30.6 Å². The van der Waals surface area contributed by atoms with E-state index in [4.69, 9.17) is 5.73 Å². The predicted molar refractivity (Wildman–Crippen MR) is 76.3 cm³/mol. The minimum Gasteiger partial charge on any atom is -0.378 e. The van der Waals surface area contributed by atoms with E-state index in [1.54, 1.807) is 32.2 Å². The van der Waals surface area contributed by atoms with Crippen LogP contribution in [0.3, 0.4) is 0 Å². The molecule has 7 nitrogen and oxygen atoms in total. The summed E-state index contributed by atoms with van der Waals surface area (Å²) in [7, 11) is 1.59. The van der Waals surface area contributed by atoms with Crippen molar-refractivity contribution in [3.63, 3.8) is 0 Å². The van der Waals surface area contributed by atoms with Crippen molar-refractivity contribution in [2.45, 2.75) is 13.0 Å². The second-order valence-electron chi connectivity index (χ2n) is 4.50. The van der Waals surface area contributed by atoms with Gasteiger partial charge in [0.25, 0.3) is 0 Å². The van der Waals surface area contributed by atoms with Crippen LogP contribution in [-0.4, -0.2) is 21.9 Å². The lowest BCUT2D eigenvalue weighted by Crippen LogP contribution is -2.25. The smallest absolute Gasteiger partial charge is 0.353 e. The van der Waals surface area contributed by atoms with Gasteiger partial charge in [-0.25, -0.2) is 14.4 Å². The number of nitro groups is 1. The highest BCUT2D eigenvalue weighted by atomic mass is 19.1. The van der Waals surface area contributed by atoms with Crippen molar-refractivity contribution in [1.82, 2.24) is 9.97 Å². The first-order valence-electron chi connectivity index (χ1n) is 6.15. The van der Waals surface area contributed by atoms with Crippen LogP contribution in [0.5, 0.6) is 0 Å². The molecule has 21 heavy (non-hydrogen) atoms. The fraction of sp³-hybridized carbons (Fsp3) is 0.231. The summed E-state index contributed by atoms with van der Waals surface area (Å²) >= 11 is 0. The van der Waals surface area contributed by atoms with Crippen molar-refractivity contribution in [3.05, 3.63) is 52.1 Å². The van der Waals surface area contributed by atoms with E-state index < -0.39 is 11.0 Å². The van der Waals surface area contributed by atoms with Crippen LogP contribution in [0.25, 0.3) is 0 Å². The molecule has 0 saturated heterocycles. The lowest BCUT2D eigenvalue weighted by Gasteiger charge is -2.26. The molecule has 0 saturated carbocycles.